The minimum absolute atomic E-state index is 0.0298. The fourth-order valence-electron chi connectivity index (χ4n) is 3.86. The SMILES string of the molecule is COc1ccc(OCC(=O)Nc2ccc(N3CCN(C(=O)c4ccc(OC)cc4)CC3)cc2)cc1. The molecule has 0 radical (unpaired) electrons. The minimum Gasteiger partial charge on any atom is -0.497 e. The summed E-state index contributed by atoms with van der Waals surface area (Å²) in [6.45, 7) is 2.68. The van der Waals surface area contributed by atoms with Crippen molar-refractivity contribution in [2.75, 3.05) is 57.2 Å². The molecule has 4 rings (SSSR count). The molecule has 0 unspecified atom stereocenters. The third-order valence-corrected chi connectivity index (χ3v) is 5.85. The Labute approximate surface area is 205 Å². The third-order valence-electron chi connectivity index (χ3n) is 5.85. The van der Waals surface area contributed by atoms with Crippen molar-refractivity contribution in [1.29, 1.82) is 0 Å². The Morgan fingerprint density at radius 3 is 1.86 bits per heavy atom. The highest BCUT2D eigenvalue weighted by Gasteiger charge is 2.22. The molecule has 35 heavy (non-hydrogen) atoms. The molecule has 1 aliphatic heterocycles. The molecule has 0 atom stereocenters. The van der Waals surface area contributed by atoms with E-state index < -0.39 is 0 Å². The van der Waals surface area contributed by atoms with Crippen molar-refractivity contribution < 1.29 is 23.8 Å². The average molecular weight is 476 g/mol. The summed E-state index contributed by atoms with van der Waals surface area (Å²) >= 11 is 0. The number of amides is 2. The van der Waals surface area contributed by atoms with Crippen molar-refractivity contribution in [2.45, 2.75) is 0 Å². The standard InChI is InChI=1S/C27H29N3O5/c1-33-23-9-3-20(4-10-23)27(32)30-17-15-29(16-18-30)22-7-5-21(6-8-22)28-26(31)19-35-25-13-11-24(34-2)12-14-25/h3-14H,15-19H2,1-2H3,(H,28,31). The first kappa shape index (κ1) is 23.9. The molecular weight excluding hydrogens is 446 g/mol. The van der Waals surface area contributed by atoms with Crippen LogP contribution in [0, 0.1) is 0 Å². The number of benzene rings is 3. The van der Waals surface area contributed by atoms with E-state index in [9.17, 15) is 9.59 Å². The lowest BCUT2D eigenvalue weighted by molar-refractivity contribution is -0.118. The van der Waals surface area contributed by atoms with Crippen LogP contribution in [0.1, 0.15) is 10.4 Å². The van der Waals surface area contributed by atoms with Crippen molar-refractivity contribution in [1.82, 2.24) is 4.90 Å². The first-order chi connectivity index (χ1) is 17.1. The number of carbonyl (C=O) groups excluding carboxylic acids is 2. The van der Waals surface area contributed by atoms with Crippen LogP contribution in [0.5, 0.6) is 17.2 Å². The van der Waals surface area contributed by atoms with Crippen LogP contribution in [0.4, 0.5) is 11.4 Å². The van der Waals surface area contributed by atoms with Gasteiger partial charge in [-0.1, -0.05) is 0 Å². The van der Waals surface area contributed by atoms with E-state index in [0.717, 1.165) is 30.3 Å². The van der Waals surface area contributed by atoms with E-state index in [2.05, 4.69) is 10.2 Å². The zero-order chi connectivity index (χ0) is 24.6. The molecule has 3 aromatic carbocycles. The van der Waals surface area contributed by atoms with Gasteiger partial charge >= 0.3 is 0 Å². The molecule has 0 spiro atoms. The van der Waals surface area contributed by atoms with E-state index in [1.54, 1.807) is 62.8 Å². The van der Waals surface area contributed by atoms with Gasteiger partial charge in [0.25, 0.3) is 11.8 Å². The van der Waals surface area contributed by atoms with Gasteiger partial charge in [-0.15, -0.1) is 0 Å². The van der Waals surface area contributed by atoms with Gasteiger partial charge < -0.3 is 29.3 Å². The Hall–Kier alpha value is -4.20. The maximum absolute atomic E-state index is 12.8. The number of carbonyl (C=O) groups is 2. The van der Waals surface area contributed by atoms with Crippen molar-refractivity contribution in [3.8, 4) is 17.2 Å². The van der Waals surface area contributed by atoms with E-state index >= 15 is 0 Å². The van der Waals surface area contributed by atoms with Crippen LogP contribution in [0.2, 0.25) is 0 Å². The Bertz CT molecular complexity index is 1120. The van der Waals surface area contributed by atoms with E-state index in [1.165, 1.54) is 0 Å². The maximum atomic E-state index is 12.8. The highest BCUT2D eigenvalue weighted by molar-refractivity contribution is 5.94. The predicted molar refractivity (Wildman–Crippen MR) is 135 cm³/mol. The van der Waals surface area contributed by atoms with Gasteiger partial charge in [-0.2, -0.15) is 0 Å². The van der Waals surface area contributed by atoms with E-state index in [1.807, 2.05) is 29.2 Å². The number of hydrogen-bond donors (Lipinski definition) is 1. The number of hydrogen-bond acceptors (Lipinski definition) is 6. The van der Waals surface area contributed by atoms with Crippen LogP contribution in [0.15, 0.2) is 72.8 Å². The fourth-order valence-corrected chi connectivity index (χ4v) is 3.86. The number of nitrogens with zero attached hydrogens (tertiary/aromatic N) is 2. The highest BCUT2D eigenvalue weighted by atomic mass is 16.5. The van der Waals surface area contributed by atoms with Gasteiger partial charge in [-0.3, -0.25) is 9.59 Å². The fraction of sp³-hybridized carbons (Fsp3) is 0.259. The molecule has 0 bridgehead atoms. The van der Waals surface area contributed by atoms with Gasteiger partial charge in [0, 0.05) is 43.1 Å². The summed E-state index contributed by atoms with van der Waals surface area (Å²) in [6, 6.07) is 21.9. The molecule has 1 heterocycles. The molecule has 182 valence electrons. The largest absolute Gasteiger partial charge is 0.497 e. The molecule has 1 fully saturated rings. The summed E-state index contributed by atoms with van der Waals surface area (Å²) in [6.07, 6.45) is 0. The van der Waals surface area contributed by atoms with Crippen LogP contribution >= 0.6 is 0 Å². The summed E-state index contributed by atoms with van der Waals surface area (Å²) in [5.41, 5.74) is 2.41. The van der Waals surface area contributed by atoms with Crippen molar-refractivity contribution >= 4 is 23.2 Å². The van der Waals surface area contributed by atoms with Gasteiger partial charge in [0.05, 0.1) is 14.2 Å². The monoisotopic (exact) mass is 475 g/mol. The molecular formula is C27H29N3O5. The van der Waals surface area contributed by atoms with Crippen molar-refractivity contribution in [3.63, 3.8) is 0 Å². The van der Waals surface area contributed by atoms with E-state index in [4.69, 9.17) is 14.2 Å². The quantitative estimate of drug-likeness (QED) is 0.535. The Morgan fingerprint density at radius 1 is 0.743 bits per heavy atom. The molecule has 0 aromatic heterocycles. The third kappa shape index (κ3) is 6.23. The molecule has 3 aromatic rings. The number of ether oxygens (including phenoxy) is 3. The lowest BCUT2D eigenvalue weighted by Gasteiger charge is -2.36. The molecule has 1 saturated heterocycles. The molecule has 0 aliphatic carbocycles. The summed E-state index contributed by atoms with van der Waals surface area (Å²) in [7, 11) is 3.20. The number of piperazine rings is 1. The molecule has 1 N–H and O–H groups in total. The van der Waals surface area contributed by atoms with E-state index in [-0.39, 0.29) is 18.4 Å². The predicted octanol–water partition coefficient (Wildman–Crippen LogP) is 3.68. The Kier molecular flexibility index (Phi) is 7.72. The van der Waals surface area contributed by atoms with Crippen molar-refractivity contribution in [2.24, 2.45) is 0 Å². The van der Waals surface area contributed by atoms with Gasteiger partial charge in [0.1, 0.15) is 17.2 Å². The van der Waals surface area contributed by atoms with Crippen molar-refractivity contribution in [3.05, 3.63) is 78.4 Å². The minimum atomic E-state index is -0.237. The van der Waals surface area contributed by atoms with E-state index in [0.29, 0.717) is 30.1 Å². The lowest BCUT2D eigenvalue weighted by atomic mass is 10.1. The Morgan fingerprint density at radius 2 is 1.29 bits per heavy atom. The second-order valence-electron chi connectivity index (χ2n) is 8.07. The number of nitrogens with one attached hydrogen (secondary N) is 1. The molecule has 1 aliphatic rings. The smallest absolute Gasteiger partial charge is 0.262 e. The first-order valence-corrected chi connectivity index (χ1v) is 11.4. The second-order valence-corrected chi connectivity index (χ2v) is 8.07. The molecule has 8 nitrogen and oxygen atoms in total. The van der Waals surface area contributed by atoms with Gasteiger partial charge in [0.2, 0.25) is 0 Å². The zero-order valence-corrected chi connectivity index (χ0v) is 19.9. The zero-order valence-electron chi connectivity index (χ0n) is 19.9. The average Bonchev–Trinajstić information content (AvgIpc) is 2.92. The van der Waals surface area contributed by atoms with Crippen LogP contribution in [-0.4, -0.2) is 63.7 Å². The summed E-state index contributed by atoms with van der Waals surface area (Å²) in [5.74, 6) is 1.85. The summed E-state index contributed by atoms with van der Waals surface area (Å²) < 4.78 is 15.8. The number of rotatable bonds is 8. The number of anilines is 2. The van der Waals surface area contributed by atoms with Crippen LogP contribution in [0.25, 0.3) is 0 Å². The first-order valence-electron chi connectivity index (χ1n) is 11.4. The normalized spacial score (nSPS) is 13.2. The van der Waals surface area contributed by atoms with Gasteiger partial charge in [-0.25, -0.2) is 0 Å². The highest BCUT2D eigenvalue weighted by Crippen LogP contribution is 2.21. The Balaban J connectivity index is 1.24. The lowest BCUT2D eigenvalue weighted by Crippen LogP contribution is -2.48. The van der Waals surface area contributed by atoms with Crippen LogP contribution in [0.3, 0.4) is 0 Å². The number of methoxy groups -OCH3 is 2. The molecule has 0 saturated carbocycles. The second kappa shape index (κ2) is 11.3. The molecule has 2 amide bonds. The van der Waals surface area contributed by atoms with Gasteiger partial charge in [-0.05, 0) is 72.8 Å². The van der Waals surface area contributed by atoms with Crippen LogP contribution < -0.4 is 24.4 Å². The van der Waals surface area contributed by atoms with Crippen LogP contribution in [-0.2, 0) is 4.79 Å². The maximum Gasteiger partial charge on any atom is 0.262 e. The summed E-state index contributed by atoms with van der Waals surface area (Å²) in [4.78, 5) is 29.1. The van der Waals surface area contributed by atoms with Gasteiger partial charge in [0.15, 0.2) is 6.61 Å². The summed E-state index contributed by atoms with van der Waals surface area (Å²) in [5, 5.41) is 2.84. The molecule has 8 heteroatoms. The topological polar surface area (TPSA) is 80.3 Å².